The zero-order chi connectivity index (χ0) is 13.3. The van der Waals surface area contributed by atoms with Crippen LogP contribution >= 0.6 is 27.3 Å². The quantitative estimate of drug-likeness (QED) is 0.936. The monoisotopic (exact) mass is 326 g/mol. The number of methoxy groups -OCH3 is 1. The Hall–Kier alpha value is -0.910. The van der Waals surface area contributed by atoms with Crippen molar-refractivity contribution in [1.29, 1.82) is 0 Å². The summed E-state index contributed by atoms with van der Waals surface area (Å²) in [5.74, 6) is 0.943. The van der Waals surface area contributed by atoms with Gasteiger partial charge in [0.1, 0.15) is 15.4 Å². The highest BCUT2D eigenvalue weighted by molar-refractivity contribution is 9.10. The Bertz CT molecular complexity index is 557. The van der Waals surface area contributed by atoms with Gasteiger partial charge in [0, 0.05) is 6.54 Å². The molecule has 1 heterocycles. The van der Waals surface area contributed by atoms with Gasteiger partial charge in [-0.25, -0.2) is 4.98 Å². The van der Waals surface area contributed by atoms with Gasteiger partial charge in [-0.15, -0.1) is 11.3 Å². The third kappa shape index (κ3) is 2.43. The van der Waals surface area contributed by atoms with Gasteiger partial charge in [-0.1, -0.05) is 0 Å². The molecule has 0 fully saturated rings. The van der Waals surface area contributed by atoms with E-state index in [0.29, 0.717) is 6.54 Å². The van der Waals surface area contributed by atoms with Crippen molar-refractivity contribution in [3.63, 3.8) is 0 Å². The lowest BCUT2D eigenvalue weighted by Gasteiger charge is -2.10. The van der Waals surface area contributed by atoms with Crippen LogP contribution in [0.15, 0.2) is 16.7 Å². The number of rotatable bonds is 3. The molecule has 0 atom stereocenters. The van der Waals surface area contributed by atoms with Crippen LogP contribution in [0.25, 0.3) is 10.4 Å². The van der Waals surface area contributed by atoms with E-state index < -0.39 is 0 Å². The second-order valence-corrected chi connectivity index (χ2v) is 5.91. The van der Waals surface area contributed by atoms with E-state index in [2.05, 4.69) is 33.0 Å². The molecular weight excluding hydrogens is 312 g/mol. The predicted molar refractivity (Wildman–Crippen MR) is 79.2 cm³/mol. The standard InChI is InChI=1S/C13H15BrN2OS/c1-7-4-9(5-8(2)11(7)17-3)12-13(14)16-10(6-15)18-12/h4-5H,6,15H2,1-3H3. The Kier molecular flexibility index (Phi) is 4.04. The first-order valence-corrected chi connectivity index (χ1v) is 7.18. The van der Waals surface area contributed by atoms with Gasteiger partial charge in [-0.3, -0.25) is 0 Å². The average molecular weight is 327 g/mol. The Labute approximate surface area is 119 Å². The van der Waals surface area contributed by atoms with E-state index in [1.54, 1.807) is 18.4 Å². The predicted octanol–water partition coefficient (Wildman–Crippen LogP) is 3.66. The van der Waals surface area contributed by atoms with E-state index >= 15 is 0 Å². The van der Waals surface area contributed by atoms with Crippen molar-refractivity contribution in [1.82, 2.24) is 4.98 Å². The van der Waals surface area contributed by atoms with Crippen molar-refractivity contribution in [3.8, 4) is 16.2 Å². The Morgan fingerprint density at radius 3 is 2.39 bits per heavy atom. The molecular formula is C13H15BrN2OS. The van der Waals surface area contributed by atoms with Gasteiger partial charge in [-0.2, -0.15) is 0 Å². The molecule has 0 aliphatic heterocycles. The maximum Gasteiger partial charge on any atom is 0.125 e. The average Bonchev–Trinajstić information content (AvgIpc) is 2.70. The zero-order valence-corrected chi connectivity index (χ0v) is 13.0. The molecule has 1 aromatic heterocycles. The topological polar surface area (TPSA) is 48.1 Å². The van der Waals surface area contributed by atoms with E-state index in [4.69, 9.17) is 10.5 Å². The van der Waals surface area contributed by atoms with Crippen molar-refractivity contribution in [2.24, 2.45) is 5.73 Å². The molecule has 1 aromatic carbocycles. The molecule has 3 nitrogen and oxygen atoms in total. The molecule has 2 N–H and O–H groups in total. The minimum absolute atomic E-state index is 0.470. The van der Waals surface area contributed by atoms with Crippen LogP contribution in [-0.4, -0.2) is 12.1 Å². The zero-order valence-electron chi connectivity index (χ0n) is 10.6. The summed E-state index contributed by atoms with van der Waals surface area (Å²) < 4.78 is 6.24. The number of nitrogens with two attached hydrogens (primary N) is 1. The van der Waals surface area contributed by atoms with Gasteiger partial charge in [0.15, 0.2) is 0 Å². The van der Waals surface area contributed by atoms with Crippen LogP contribution in [0.5, 0.6) is 5.75 Å². The first-order chi connectivity index (χ1) is 8.56. The summed E-state index contributed by atoms with van der Waals surface area (Å²) in [7, 11) is 1.70. The van der Waals surface area contributed by atoms with Crippen LogP contribution < -0.4 is 10.5 Å². The molecule has 0 aliphatic rings. The molecule has 0 saturated heterocycles. The Morgan fingerprint density at radius 2 is 1.94 bits per heavy atom. The van der Waals surface area contributed by atoms with Crippen molar-refractivity contribution >= 4 is 27.3 Å². The lowest BCUT2D eigenvalue weighted by Crippen LogP contribution is -1.93. The summed E-state index contributed by atoms with van der Waals surface area (Å²) >= 11 is 5.11. The number of hydrogen-bond acceptors (Lipinski definition) is 4. The van der Waals surface area contributed by atoms with Gasteiger partial charge in [0.2, 0.25) is 0 Å². The van der Waals surface area contributed by atoms with Gasteiger partial charge in [0.05, 0.1) is 12.0 Å². The molecule has 0 spiro atoms. The summed E-state index contributed by atoms with van der Waals surface area (Å²) in [4.78, 5) is 5.50. The smallest absolute Gasteiger partial charge is 0.125 e. The number of benzene rings is 1. The fraction of sp³-hybridized carbons (Fsp3) is 0.308. The van der Waals surface area contributed by atoms with E-state index in [0.717, 1.165) is 36.9 Å². The lowest BCUT2D eigenvalue weighted by atomic mass is 10.1. The first kappa shape index (κ1) is 13.5. The van der Waals surface area contributed by atoms with Crippen molar-refractivity contribution < 1.29 is 4.74 Å². The van der Waals surface area contributed by atoms with Crippen molar-refractivity contribution in [2.45, 2.75) is 20.4 Å². The number of hydrogen-bond donors (Lipinski definition) is 1. The molecule has 0 aliphatic carbocycles. The summed E-state index contributed by atoms with van der Waals surface area (Å²) in [6, 6.07) is 4.23. The molecule has 0 saturated carbocycles. The van der Waals surface area contributed by atoms with Gasteiger partial charge < -0.3 is 10.5 Å². The van der Waals surface area contributed by atoms with Crippen molar-refractivity contribution in [3.05, 3.63) is 32.9 Å². The SMILES string of the molecule is COc1c(C)cc(-c2sc(CN)nc2Br)cc1C. The number of halogens is 1. The lowest BCUT2D eigenvalue weighted by molar-refractivity contribution is 0.408. The van der Waals surface area contributed by atoms with E-state index in [-0.39, 0.29) is 0 Å². The molecule has 2 aromatic rings. The first-order valence-electron chi connectivity index (χ1n) is 5.57. The van der Waals surface area contributed by atoms with Crippen LogP contribution in [-0.2, 0) is 6.54 Å². The van der Waals surface area contributed by atoms with Crippen LogP contribution in [0.4, 0.5) is 0 Å². The fourth-order valence-electron chi connectivity index (χ4n) is 2.01. The van der Waals surface area contributed by atoms with Crippen LogP contribution in [0.1, 0.15) is 16.1 Å². The molecule has 0 unspecified atom stereocenters. The largest absolute Gasteiger partial charge is 0.496 e. The van der Waals surface area contributed by atoms with Gasteiger partial charge in [-0.05, 0) is 58.6 Å². The van der Waals surface area contributed by atoms with Crippen LogP contribution in [0.3, 0.4) is 0 Å². The van der Waals surface area contributed by atoms with E-state index in [9.17, 15) is 0 Å². The number of aryl methyl sites for hydroxylation is 2. The molecule has 0 bridgehead atoms. The summed E-state index contributed by atoms with van der Waals surface area (Å²) in [6.45, 7) is 4.57. The number of thiazole rings is 1. The number of nitrogens with zero attached hydrogens (tertiary/aromatic N) is 1. The fourth-order valence-corrected chi connectivity index (χ4v) is 3.64. The Balaban J connectivity index is 2.54. The minimum Gasteiger partial charge on any atom is -0.496 e. The summed E-state index contributed by atoms with van der Waals surface area (Å²) in [6.07, 6.45) is 0. The van der Waals surface area contributed by atoms with Crippen molar-refractivity contribution in [2.75, 3.05) is 7.11 Å². The highest BCUT2D eigenvalue weighted by Gasteiger charge is 2.13. The third-order valence-electron chi connectivity index (χ3n) is 2.73. The molecule has 0 amide bonds. The molecule has 96 valence electrons. The summed E-state index contributed by atoms with van der Waals surface area (Å²) in [5, 5.41) is 0.933. The molecule has 2 rings (SSSR count). The van der Waals surface area contributed by atoms with Gasteiger partial charge in [0.25, 0.3) is 0 Å². The minimum atomic E-state index is 0.470. The van der Waals surface area contributed by atoms with Crippen LogP contribution in [0, 0.1) is 13.8 Å². The normalized spacial score (nSPS) is 10.7. The number of aromatic nitrogens is 1. The Morgan fingerprint density at radius 1 is 1.33 bits per heavy atom. The second-order valence-electron chi connectivity index (χ2n) is 4.07. The highest BCUT2D eigenvalue weighted by Crippen LogP contribution is 2.37. The van der Waals surface area contributed by atoms with E-state index in [1.165, 1.54) is 0 Å². The molecule has 18 heavy (non-hydrogen) atoms. The second kappa shape index (κ2) is 5.38. The van der Waals surface area contributed by atoms with Crippen LogP contribution in [0.2, 0.25) is 0 Å². The highest BCUT2D eigenvalue weighted by atomic mass is 79.9. The maximum atomic E-state index is 5.62. The third-order valence-corrected chi connectivity index (χ3v) is 4.69. The molecule has 5 heteroatoms. The maximum absolute atomic E-state index is 5.62. The molecule has 0 radical (unpaired) electrons. The van der Waals surface area contributed by atoms with Gasteiger partial charge >= 0.3 is 0 Å². The van der Waals surface area contributed by atoms with E-state index in [1.807, 2.05) is 13.8 Å². The summed E-state index contributed by atoms with van der Waals surface area (Å²) in [5.41, 5.74) is 9.02. The number of ether oxygens (including phenoxy) is 1.